The molecule has 1 aliphatic rings. The van der Waals surface area contributed by atoms with E-state index in [1.165, 1.54) is 12.0 Å². The van der Waals surface area contributed by atoms with Crippen molar-refractivity contribution in [2.75, 3.05) is 27.4 Å². The first-order chi connectivity index (χ1) is 19.9. The molecule has 0 atom stereocenters. The maximum Gasteiger partial charge on any atom is 0.343 e. The number of halogens is 1. The van der Waals surface area contributed by atoms with Crippen LogP contribution in [0, 0.1) is 3.57 Å². The van der Waals surface area contributed by atoms with Crippen LogP contribution in [0.3, 0.4) is 0 Å². The number of rotatable bonds is 9. The van der Waals surface area contributed by atoms with Gasteiger partial charge in [-0.1, -0.05) is 36.4 Å². The Labute approximate surface area is 254 Å². The molecule has 208 valence electrons. The van der Waals surface area contributed by atoms with Crippen LogP contribution in [0.4, 0.5) is 4.79 Å². The van der Waals surface area contributed by atoms with Crippen molar-refractivity contribution in [2.45, 2.75) is 0 Å². The summed E-state index contributed by atoms with van der Waals surface area (Å²) >= 11 is 2.90. The minimum Gasteiger partial charge on any atom is -0.497 e. The maximum atomic E-state index is 13.1. The molecule has 0 saturated carbocycles. The van der Waals surface area contributed by atoms with E-state index >= 15 is 0 Å². The Morgan fingerprint density at radius 2 is 1.68 bits per heavy atom. The number of nitrogens with zero attached hydrogens (tertiary/aromatic N) is 1. The Morgan fingerprint density at radius 3 is 2.44 bits per heavy atom. The molecule has 1 heterocycles. The number of fused-ring (bicyclic) bond motifs is 1. The van der Waals surface area contributed by atoms with Crippen LogP contribution in [-0.2, 0) is 4.79 Å². The molecular weight excluding hydrogens is 657 g/mol. The molecule has 5 rings (SSSR count). The fourth-order valence-corrected chi connectivity index (χ4v) is 5.81. The molecule has 0 aromatic heterocycles. The number of thioether (sulfide) groups is 1. The van der Waals surface area contributed by atoms with Gasteiger partial charge in [-0.05, 0) is 93.8 Å². The predicted molar refractivity (Wildman–Crippen MR) is 166 cm³/mol. The van der Waals surface area contributed by atoms with E-state index in [-0.39, 0.29) is 29.0 Å². The monoisotopic (exact) mass is 681 g/mol. The lowest BCUT2D eigenvalue weighted by molar-refractivity contribution is -0.123. The largest absolute Gasteiger partial charge is 0.497 e. The highest BCUT2D eigenvalue weighted by Crippen LogP contribution is 2.38. The average Bonchev–Trinajstić information content (AvgIpc) is 3.25. The lowest BCUT2D eigenvalue weighted by Crippen LogP contribution is -2.32. The number of hydrogen-bond donors (Lipinski definition) is 0. The molecule has 0 aliphatic carbocycles. The van der Waals surface area contributed by atoms with Crippen LogP contribution in [0.1, 0.15) is 15.9 Å². The number of amides is 2. The zero-order valence-electron chi connectivity index (χ0n) is 22.1. The Kier molecular flexibility index (Phi) is 8.79. The van der Waals surface area contributed by atoms with Crippen molar-refractivity contribution in [1.82, 2.24) is 4.90 Å². The van der Waals surface area contributed by atoms with Gasteiger partial charge in [-0.3, -0.25) is 14.5 Å². The molecule has 0 bridgehead atoms. The molecular formula is C31H24INO7S. The van der Waals surface area contributed by atoms with Gasteiger partial charge in [-0.15, -0.1) is 0 Å². The van der Waals surface area contributed by atoms with Gasteiger partial charge in [0.15, 0.2) is 11.5 Å². The first kappa shape index (κ1) is 28.5. The summed E-state index contributed by atoms with van der Waals surface area (Å²) in [5, 5.41) is 1.64. The Morgan fingerprint density at radius 1 is 0.927 bits per heavy atom. The second-order valence-electron chi connectivity index (χ2n) is 8.81. The van der Waals surface area contributed by atoms with Crippen molar-refractivity contribution in [3.63, 3.8) is 0 Å². The normalized spacial score (nSPS) is 14.0. The molecule has 1 aliphatic heterocycles. The number of hydrogen-bond acceptors (Lipinski definition) is 8. The SMILES string of the molecule is COc1ccc(C(=O)Oc2c(I)cc(/C=C3\SC(=O)N(CCOc4cccc5ccccc45)C3=O)cc2OC)cc1. The second-order valence-corrected chi connectivity index (χ2v) is 11.0. The summed E-state index contributed by atoms with van der Waals surface area (Å²) in [6.07, 6.45) is 1.62. The van der Waals surface area contributed by atoms with Gasteiger partial charge in [-0.2, -0.15) is 0 Å². The zero-order chi connectivity index (χ0) is 28.9. The first-order valence-corrected chi connectivity index (χ1v) is 14.4. The quantitative estimate of drug-likeness (QED) is 0.0826. The van der Waals surface area contributed by atoms with Gasteiger partial charge < -0.3 is 18.9 Å². The first-order valence-electron chi connectivity index (χ1n) is 12.5. The highest BCUT2D eigenvalue weighted by molar-refractivity contribution is 14.1. The van der Waals surface area contributed by atoms with E-state index in [2.05, 4.69) is 0 Å². The number of carbonyl (C=O) groups is 3. The van der Waals surface area contributed by atoms with Crippen LogP contribution in [0.15, 0.2) is 83.8 Å². The Bertz CT molecular complexity index is 1660. The molecule has 0 spiro atoms. The number of carbonyl (C=O) groups excluding carboxylic acids is 3. The van der Waals surface area contributed by atoms with Gasteiger partial charge in [0.1, 0.15) is 18.1 Å². The molecule has 4 aromatic rings. The topological polar surface area (TPSA) is 91.4 Å². The Hall–Kier alpha value is -4.03. The molecule has 8 nitrogen and oxygen atoms in total. The standard InChI is InChI=1S/C31H24INO7S/c1-37-22-12-10-21(11-13-22)30(35)40-28-24(32)16-19(17-26(28)38-2)18-27-29(34)33(31(36)41-27)14-15-39-25-9-5-7-20-6-3-4-8-23(20)25/h3-13,16-18H,14-15H2,1-2H3/b27-18-. The van der Waals surface area contributed by atoms with Crippen LogP contribution in [-0.4, -0.2) is 49.4 Å². The zero-order valence-corrected chi connectivity index (χ0v) is 25.1. The van der Waals surface area contributed by atoms with Gasteiger partial charge in [0.2, 0.25) is 0 Å². The van der Waals surface area contributed by atoms with Gasteiger partial charge >= 0.3 is 5.97 Å². The third kappa shape index (κ3) is 6.33. The van der Waals surface area contributed by atoms with E-state index < -0.39 is 11.9 Å². The summed E-state index contributed by atoms with van der Waals surface area (Å²) in [5.41, 5.74) is 0.971. The van der Waals surface area contributed by atoms with Crippen LogP contribution < -0.4 is 18.9 Å². The molecule has 41 heavy (non-hydrogen) atoms. The molecule has 1 saturated heterocycles. The fourth-order valence-electron chi connectivity index (χ4n) is 4.21. The van der Waals surface area contributed by atoms with Crippen molar-refractivity contribution in [2.24, 2.45) is 0 Å². The van der Waals surface area contributed by atoms with E-state index in [1.807, 2.05) is 65.1 Å². The van der Waals surface area contributed by atoms with Crippen LogP contribution >= 0.6 is 34.4 Å². The molecule has 0 N–H and O–H groups in total. The van der Waals surface area contributed by atoms with Gasteiger partial charge in [-0.25, -0.2) is 4.79 Å². The summed E-state index contributed by atoms with van der Waals surface area (Å²) in [6.45, 7) is 0.283. The summed E-state index contributed by atoms with van der Waals surface area (Å²) in [6, 6.07) is 23.6. The molecule has 2 amide bonds. The van der Waals surface area contributed by atoms with E-state index in [0.29, 0.717) is 31.9 Å². The van der Waals surface area contributed by atoms with Crippen LogP contribution in [0.5, 0.6) is 23.0 Å². The van der Waals surface area contributed by atoms with E-state index in [9.17, 15) is 14.4 Å². The third-order valence-electron chi connectivity index (χ3n) is 6.27. The Balaban J connectivity index is 1.27. The summed E-state index contributed by atoms with van der Waals surface area (Å²) < 4.78 is 22.8. The van der Waals surface area contributed by atoms with Crippen LogP contribution in [0.25, 0.3) is 16.8 Å². The minimum absolute atomic E-state index is 0.117. The van der Waals surface area contributed by atoms with E-state index in [4.69, 9.17) is 18.9 Å². The summed E-state index contributed by atoms with van der Waals surface area (Å²) in [5.74, 6) is 0.936. The predicted octanol–water partition coefficient (Wildman–Crippen LogP) is 6.80. The number of methoxy groups -OCH3 is 2. The van der Waals surface area contributed by atoms with Crippen LogP contribution in [0.2, 0.25) is 0 Å². The van der Waals surface area contributed by atoms with E-state index in [1.54, 1.807) is 49.6 Å². The lowest BCUT2D eigenvalue weighted by atomic mass is 10.1. The van der Waals surface area contributed by atoms with Gasteiger partial charge in [0.05, 0.1) is 34.8 Å². The van der Waals surface area contributed by atoms with Crippen molar-refractivity contribution < 1.29 is 33.3 Å². The van der Waals surface area contributed by atoms with Crippen molar-refractivity contribution in [3.8, 4) is 23.0 Å². The molecule has 0 unspecified atom stereocenters. The highest BCUT2D eigenvalue weighted by atomic mass is 127. The number of benzene rings is 4. The lowest BCUT2D eigenvalue weighted by Gasteiger charge is -2.14. The molecule has 10 heteroatoms. The summed E-state index contributed by atoms with van der Waals surface area (Å²) in [7, 11) is 3.01. The minimum atomic E-state index is -0.552. The average molecular weight is 682 g/mol. The third-order valence-corrected chi connectivity index (χ3v) is 7.97. The maximum absolute atomic E-state index is 13.1. The number of esters is 1. The van der Waals surface area contributed by atoms with Crippen molar-refractivity contribution >= 4 is 68.3 Å². The summed E-state index contributed by atoms with van der Waals surface area (Å²) in [4.78, 5) is 39.9. The highest BCUT2D eigenvalue weighted by Gasteiger charge is 2.35. The van der Waals surface area contributed by atoms with Gasteiger partial charge in [0.25, 0.3) is 11.1 Å². The fraction of sp³-hybridized carbons (Fsp3) is 0.129. The van der Waals surface area contributed by atoms with Crippen molar-refractivity contribution in [3.05, 3.63) is 98.5 Å². The van der Waals surface area contributed by atoms with E-state index in [0.717, 1.165) is 22.5 Å². The van der Waals surface area contributed by atoms with Gasteiger partial charge in [0, 0.05) is 5.39 Å². The second kappa shape index (κ2) is 12.6. The molecule has 4 aromatic carbocycles. The smallest absolute Gasteiger partial charge is 0.343 e. The molecule has 0 radical (unpaired) electrons. The molecule has 1 fully saturated rings. The number of ether oxygens (including phenoxy) is 4. The number of imide groups is 1. The van der Waals surface area contributed by atoms with Crippen molar-refractivity contribution in [1.29, 1.82) is 0 Å².